The lowest BCUT2D eigenvalue weighted by Crippen LogP contribution is -2.44. The van der Waals surface area contributed by atoms with Crippen LogP contribution in [0.4, 0.5) is 0 Å². The first-order valence-corrected chi connectivity index (χ1v) is 8.16. The van der Waals surface area contributed by atoms with Gasteiger partial charge < -0.3 is 15.7 Å². The van der Waals surface area contributed by atoms with Gasteiger partial charge in [-0.3, -0.25) is 4.68 Å². The molecule has 6 nitrogen and oxygen atoms in total. The molecular formula is C15H24IN5OS. The van der Waals surface area contributed by atoms with E-state index in [4.69, 9.17) is 0 Å². The molecule has 0 bridgehead atoms. The van der Waals surface area contributed by atoms with E-state index in [1.165, 1.54) is 0 Å². The van der Waals surface area contributed by atoms with Gasteiger partial charge in [0.2, 0.25) is 0 Å². The molecule has 0 saturated heterocycles. The molecule has 0 aromatic carbocycles. The van der Waals surface area contributed by atoms with Crippen molar-refractivity contribution in [3.8, 4) is 0 Å². The minimum Gasteiger partial charge on any atom is -0.383 e. The average Bonchev–Trinajstić information content (AvgIpc) is 3.14. The monoisotopic (exact) mass is 449 g/mol. The fraction of sp³-hybridized carbons (Fsp3) is 0.467. The van der Waals surface area contributed by atoms with Crippen LogP contribution in [0.1, 0.15) is 24.4 Å². The summed E-state index contributed by atoms with van der Waals surface area (Å²) >= 11 is 1.55. The van der Waals surface area contributed by atoms with E-state index in [1.807, 2.05) is 37.6 Å². The molecule has 0 saturated carbocycles. The Morgan fingerprint density at radius 3 is 2.78 bits per heavy atom. The van der Waals surface area contributed by atoms with Gasteiger partial charge in [0.1, 0.15) is 5.60 Å². The van der Waals surface area contributed by atoms with E-state index >= 15 is 0 Å². The number of halogens is 1. The van der Waals surface area contributed by atoms with Crippen molar-refractivity contribution in [2.45, 2.75) is 26.0 Å². The summed E-state index contributed by atoms with van der Waals surface area (Å²) in [5.74, 6) is 0.681. The number of rotatable bonds is 6. The molecule has 0 fully saturated rings. The Bertz CT molecular complexity index is 609. The van der Waals surface area contributed by atoms with Crippen LogP contribution in [0.3, 0.4) is 0 Å². The number of aromatic nitrogens is 2. The number of aliphatic hydroxyl groups is 1. The summed E-state index contributed by atoms with van der Waals surface area (Å²) in [6, 6.07) is 5.82. The highest BCUT2D eigenvalue weighted by Crippen LogP contribution is 2.24. The van der Waals surface area contributed by atoms with Gasteiger partial charge in [-0.15, -0.1) is 35.3 Å². The van der Waals surface area contributed by atoms with Crippen LogP contribution in [0, 0.1) is 0 Å². The van der Waals surface area contributed by atoms with Gasteiger partial charge >= 0.3 is 0 Å². The average molecular weight is 449 g/mol. The van der Waals surface area contributed by atoms with E-state index in [0.717, 1.165) is 17.1 Å². The van der Waals surface area contributed by atoms with E-state index in [0.29, 0.717) is 19.0 Å². The van der Waals surface area contributed by atoms with Gasteiger partial charge in [-0.05, 0) is 31.4 Å². The number of aryl methyl sites for hydroxylation is 1. The molecule has 128 valence electrons. The summed E-state index contributed by atoms with van der Waals surface area (Å²) in [6.45, 7) is 5.51. The van der Waals surface area contributed by atoms with Crippen LogP contribution >= 0.6 is 35.3 Å². The maximum Gasteiger partial charge on any atom is 0.191 e. The Morgan fingerprint density at radius 1 is 1.43 bits per heavy atom. The van der Waals surface area contributed by atoms with Gasteiger partial charge in [0.05, 0.1) is 18.8 Å². The lowest BCUT2D eigenvalue weighted by atomic mass is 10.1. The standard InChI is InChI=1S/C15H23N5OS.HI/c1-4-16-14(17-10-12-7-8-19-20(12)3)18-11-15(2,21)13-6-5-9-22-13;/h5-9,21H,4,10-11H2,1-3H3,(H2,16,17,18);1H. The van der Waals surface area contributed by atoms with Crippen LogP contribution in [-0.4, -0.2) is 33.9 Å². The van der Waals surface area contributed by atoms with Crippen LogP contribution < -0.4 is 10.6 Å². The number of hydrogen-bond donors (Lipinski definition) is 3. The van der Waals surface area contributed by atoms with Crippen LogP contribution in [0.5, 0.6) is 0 Å². The van der Waals surface area contributed by atoms with Gasteiger partial charge in [-0.1, -0.05) is 6.07 Å². The van der Waals surface area contributed by atoms with Crippen molar-refractivity contribution < 1.29 is 5.11 Å². The molecule has 0 aliphatic heterocycles. The minimum absolute atomic E-state index is 0. The van der Waals surface area contributed by atoms with Crippen molar-refractivity contribution in [1.82, 2.24) is 20.4 Å². The first-order chi connectivity index (χ1) is 10.5. The molecule has 2 aromatic heterocycles. The molecule has 2 aromatic rings. The van der Waals surface area contributed by atoms with Crippen LogP contribution in [-0.2, 0) is 19.2 Å². The Balaban J connectivity index is 0.00000264. The first kappa shape index (κ1) is 19.9. The SMILES string of the molecule is CCNC(=NCc1ccnn1C)NCC(C)(O)c1cccs1.I. The number of aliphatic imine (C=N–C) groups is 1. The summed E-state index contributed by atoms with van der Waals surface area (Å²) in [4.78, 5) is 5.46. The summed E-state index contributed by atoms with van der Waals surface area (Å²) in [5, 5.41) is 23.0. The summed E-state index contributed by atoms with van der Waals surface area (Å²) in [7, 11) is 1.90. The fourth-order valence-electron chi connectivity index (χ4n) is 1.99. The van der Waals surface area contributed by atoms with Crippen molar-refractivity contribution in [1.29, 1.82) is 0 Å². The van der Waals surface area contributed by atoms with Crippen molar-refractivity contribution in [2.75, 3.05) is 13.1 Å². The normalized spacial score (nSPS) is 14.0. The smallest absolute Gasteiger partial charge is 0.191 e. The second kappa shape index (κ2) is 9.24. The third-order valence-electron chi connectivity index (χ3n) is 3.32. The highest BCUT2D eigenvalue weighted by atomic mass is 127. The summed E-state index contributed by atoms with van der Waals surface area (Å²) in [6.07, 6.45) is 1.76. The summed E-state index contributed by atoms with van der Waals surface area (Å²) < 4.78 is 1.80. The molecule has 2 rings (SSSR count). The van der Waals surface area contributed by atoms with Crippen molar-refractivity contribution >= 4 is 41.3 Å². The Labute approximate surface area is 158 Å². The summed E-state index contributed by atoms with van der Waals surface area (Å²) in [5.41, 5.74) is 0.110. The largest absolute Gasteiger partial charge is 0.383 e. The molecule has 0 radical (unpaired) electrons. The molecule has 0 amide bonds. The van der Waals surface area contributed by atoms with Crippen molar-refractivity contribution in [3.05, 3.63) is 40.3 Å². The first-order valence-electron chi connectivity index (χ1n) is 7.28. The fourth-order valence-corrected chi connectivity index (χ4v) is 2.77. The maximum absolute atomic E-state index is 10.5. The van der Waals surface area contributed by atoms with E-state index in [2.05, 4.69) is 20.7 Å². The van der Waals surface area contributed by atoms with Gasteiger partial charge in [0.15, 0.2) is 5.96 Å². The third kappa shape index (κ3) is 5.78. The zero-order chi connectivity index (χ0) is 16.0. The van der Waals surface area contributed by atoms with Gasteiger partial charge in [-0.2, -0.15) is 5.10 Å². The molecule has 0 aliphatic carbocycles. The minimum atomic E-state index is -0.920. The number of thiophene rings is 1. The lowest BCUT2D eigenvalue weighted by molar-refractivity contribution is 0.0655. The predicted octanol–water partition coefficient (Wildman–Crippen LogP) is 2.06. The van der Waals surface area contributed by atoms with Crippen LogP contribution in [0.25, 0.3) is 0 Å². The van der Waals surface area contributed by atoms with Crippen LogP contribution in [0.15, 0.2) is 34.8 Å². The van der Waals surface area contributed by atoms with Gasteiger partial charge in [-0.25, -0.2) is 4.99 Å². The maximum atomic E-state index is 10.5. The number of nitrogens with zero attached hydrogens (tertiary/aromatic N) is 3. The van der Waals surface area contributed by atoms with E-state index in [9.17, 15) is 5.11 Å². The van der Waals surface area contributed by atoms with Crippen molar-refractivity contribution in [2.24, 2.45) is 12.0 Å². The molecular weight excluding hydrogens is 425 g/mol. The topological polar surface area (TPSA) is 74.5 Å². The third-order valence-corrected chi connectivity index (χ3v) is 4.44. The van der Waals surface area contributed by atoms with Crippen molar-refractivity contribution in [3.63, 3.8) is 0 Å². The Hall–Kier alpha value is -1.13. The lowest BCUT2D eigenvalue weighted by Gasteiger charge is -2.23. The molecule has 2 heterocycles. The zero-order valence-corrected chi connectivity index (χ0v) is 16.8. The molecule has 0 spiro atoms. The number of guanidine groups is 1. The molecule has 3 N–H and O–H groups in total. The van der Waals surface area contributed by atoms with E-state index in [-0.39, 0.29) is 24.0 Å². The number of hydrogen-bond acceptors (Lipinski definition) is 4. The molecule has 1 atom stereocenters. The van der Waals surface area contributed by atoms with Crippen LogP contribution in [0.2, 0.25) is 0 Å². The highest BCUT2D eigenvalue weighted by Gasteiger charge is 2.24. The van der Waals surface area contributed by atoms with E-state index in [1.54, 1.807) is 29.1 Å². The molecule has 1 unspecified atom stereocenters. The quantitative estimate of drug-likeness (QED) is 0.359. The molecule has 23 heavy (non-hydrogen) atoms. The molecule has 8 heteroatoms. The van der Waals surface area contributed by atoms with Gasteiger partial charge in [0.25, 0.3) is 0 Å². The highest BCUT2D eigenvalue weighted by molar-refractivity contribution is 14.0. The predicted molar refractivity (Wildman–Crippen MR) is 105 cm³/mol. The Morgan fingerprint density at radius 2 is 2.22 bits per heavy atom. The number of nitrogens with one attached hydrogen (secondary N) is 2. The van der Waals surface area contributed by atoms with Gasteiger partial charge in [0, 0.05) is 24.7 Å². The van der Waals surface area contributed by atoms with E-state index < -0.39 is 5.60 Å². The second-order valence-corrected chi connectivity index (χ2v) is 6.19. The Kier molecular flexibility index (Phi) is 8.00. The zero-order valence-electron chi connectivity index (χ0n) is 13.6. The molecule has 0 aliphatic rings. The second-order valence-electron chi connectivity index (χ2n) is 5.25.